The van der Waals surface area contributed by atoms with Crippen molar-refractivity contribution in [2.24, 2.45) is 0 Å². The van der Waals surface area contributed by atoms with Crippen LogP contribution in [-0.4, -0.2) is 19.7 Å². The van der Waals surface area contributed by atoms with Gasteiger partial charge in [0.25, 0.3) is 0 Å². The molecule has 0 aliphatic carbocycles. The van der Waals surface area contributed by atoms with E-state index in [2.05, 4.69) is 10.1 Å². The molecule has 0 saturated heterocycles. The van der Waals surface area contributed by atoms with Crippen molar-refractivity contribution in [1.29, 1.82) is 0 Å². The van der Waals surface area contributed by atoms with Crippen LogP contribution in [0.4, 0.5) is 13.2 Å². The lowest BCUT2D eigenvalue weighted by Crippen LogP contribution is -2.12. The van der Waals surface area contributed by atoms with E-state index >= 15 is 0 Å². The number of aliphatic hydroxyl groups excluding tert-OH is 1. The lowest BCUT2D eigenvalue weighted by Gasteiger charge is -2.16. The van der Waals surface area contributed by atoms with E-state index in [0.29, 0.717) is 5.52 Å². The average Bonchev–Trinajstić information content (AvgIpc) is 2.89. The number of rotatable bonds is 2. The van der Waals surface area contributed by atoms with Gasteiger partial charge in [-0.15, -0.1) is 0 Å². The highest BCUT2D eigenvalue weighted by Gasteiger charge is 2.35. The molecule has 0 amide bonds. The fraction of sp³-hybridized carbons (Fsp3) is 0.143. The number of nitrogens with zero attached hydrogens (tertiary/aromatic N) is 3. The van der Waals surface area contributed by atoms with Crippen molar-refractivity contribution in [3.05, 3.63) is 65.7 Å². The fourth-order valence-electron chi connectivity index (χ4n) is 2.22. The molecule has 0 spiro atoms. The van der Waals surface area contributed by atoms with Crippen molar-refractivity contribution in [2.45, 2.75) is 12.3 Å². The second-order valence-electron chi connectivity index (χ2n) is 4.49. The van der Waals surface area contributed by atoms with Gasteiger partial charge < -0.3 is 5.11 Å². The normalized spacial score (nSPS) is 13.5. The third-order valence-electron chi connectivity index (χ3n) is 3.21. The largest absolute Gasteiger partial charge is 0.416 e. The molecule has 2 heterocycles. The molecular weight excluding hydrogens is 283 g/mol. The maximum atomic E-state index is 13.0. The Morgan fingerprint density at radius 2 is 1.86 bits per heavy atom. The van der Waals surface area contributed by atoms with Crippen LogP contribution in [0.1, 0.15) is 22.8 Å². The number of aromatic nitrogens is 3. The summed E-state index contributed by atoms with van der Waals surface area (Å²) in [5.41, 5.74) is -0.328. The summed E-state index contributed by atoms with van der Waals surface area (Å²) in [6, 6.07) is 4.95. The zero-order valence-electron chi connectivity index (χ0n) is 10.6. The van der Waals surface area contributed by atoms with Crippen molar-refractivity contribution in [1.82, 2.24) is 14.6 Å². The number of hydrogen-bond donors (Lipinski definition) is 1. The Bertz CT molecular complexity index is 782. The first kappa shape index (κ1) is 13.6. The molecule has 0 fully saturated rings. The van der Waals surface area contributed by atoms with Crippen LogP contribution in [-0.2, 0) is 6.18 Å². The number of alkyl halides is 3. The maximum absolute atomic E-state index is 13.0. The highest BCUT2D eigenvalue weighted by Crippen LogP contribution is 2.37. The zero-order valence-corrected chi connectivity index (χ0v) is 10.6. The molecule has 0 aliphatic rings. The molecule has 3 aromatic rings. The fourth-order valence-corrected chi connectivity index (χ4v) is 2.22. The second-order valence-corrected chi connectivity index (χ2v) is 4.49. The van der Waals surface area contributed by atoms with Crippen LogP contribution in [0.3, 0.4) is 0 Å². The van der Waals surface area contributed by atoms with Gasteiger partial charge in [0, 0.05) is 18.0 Å². The summed E-state index contributed by atoms with van der Waals surface area (Å²) in [5.74, 6) is 0. The van der Waals surface area contributed by atoms with Gasteiger partial charge in [-0.1, -0.05) is 18.2 Å². The van der Waals surface area contributed by atoms with Crippen LogP contribution in [0.5, 0.6) is 0 Å². The molecule has 21 heavy (non-hydrogen) atoms. The summed E-state index contributed by atoms with van der Waals surface area (Å²) in [5, 5.41) is 14.3. The Hall–Kier alpha value is -2.41. The highest BCUT2D eigenvalue weighted by molar-refractivity contribution is 5.55. The molecule has 0 saturated carbocycles. The predicted molar refractivity (Wildman–Crippen MR) is 68.5 cm³/mol. The number of benzene rings is 1. The molecule has 3 rings (SSSR count). The first-order valence-electron chi connectivity index (χ1n) is 6.10. The minimum Gasteiger partial charge on any atom is -0.383 e. The maximum Gasteiger partial charge on any atom is 0.416 e. The van der Waals surface area contributed by atoms with Crippen molar-refractivity contribution < 1.29 is 18.3 Å². The summed E-state index contributed by atoms with van der Waals surface area (Å²) in [4.78, 5) is 3.90. The minimum absolute atomic E-state index is 0.205. The van der Waals surface area contributed by atoms with E-state index in [1.54, 1.807) is 6.20 Å². The number of hydrogen-bond acceptors (Lipinski definition) is 3. The molecule has 1 atom stereocenters. The minimum atomic E-state index is -4.53. The molecule has 0 radical (unpaired) electrons. The number of halogens is 3. The Morgan fingerprint density at radius 1 is 1.10 bits per heavy atom. The van der Waals surface area contributed by atoms with E-state index in [-0.39, 0.29) is 11.1 Å². The first-order valence-corrected chi connectivity index (χ1v) is 6.10. The van der Waals surface area contributed by atoms with Crippen LogP contribution in [0, 0.1) is 0 Å². The van der Waals surface area contributed by atoms with Gasteiger partial charge in [-0.05, 0) is 11.6 Å². The van der Waals surface area contributed by atoms with Crippen molar-refractivity contribution in [3.63, 3.8) is 0 Å². The molecule has 1 aromatic carbocycles. The van der Waals surface area contributed by atoms with Crippen LogP contribution in [0.25, 0.3) is 5.52 Å². The summed E-state index contributed by atoms with van der Waals surface area (Å²) < 4.78 is 40.5. The monoisotopic (exact) mass is 293 g/mol. The topological polar surface area (TPSA) is 50.4 Å². The second kappa shape index (κ2) is 4.85. The van der Waals surface area contributed by atoms with Gasteiger partial charge in [-0.2, -0.15) is 18.3 Å². The highest BCUT2D eigenvalue weighted by atomic mass is 19.4. The van der Waals surface area contributed by atoms with E-state index in [9.17, 15) is 18.3 Å². The van der Waals surface area contributed by atoms with Gasteiger partial charge in [0.2, 0.25) is 0 Å². The molecule has 4 nitrogen and oxygen atoms in total. The quantitative estimate of drug-likeness (QED) is 0.790. The SMILES string of the molecule is OC(c1ccccc1C(F)(F)F)c1cnn2ccncc12. The lowest BCUT2D eigenvalue weighted by atomic mass is 9.97. The summed E-state index contributed by atoms with van der Waals surface area (Å²) >= 11 is 0. The average molecular weight is 293 g/mol. The number of fused-ring (bicyclic) bond motifs is 1. The van der Waals surface area contributed by atoms with Gasteiger partial charge in [0.05, 0.1) is 23.5 Å². The Morgan fingerprint density at radius 3 is 2.62 bits per heavy atom. The smallest absolute Gasteiger partial charge is 0.383 e. The van der Waals surface area contributed by atoms with E-state index < -0.39 is 17.8 Å². The summed E-state index contributed by atoms with van der Waals surface area (Å²) in [6.07, 6.45) is -0.110. The summed E-state index contributed by atoms with van der Waals surface area (Å²) in [6.45, 7) is 0. The van der Waals surface area contributed by atoms with E-state index in [1.807, 2.05) is 0 Å². The van der Waals surface area contributed by atoms with Crippen LogP contribution in [0.15, 0.2) is 49.1 Å². The molecule has 0 bridgehead atoms. The van der Waals surface area contributed by atoms with Crippen molar-refractivity contribution in [2.75, 3.05) is 0 Å². The Labute approximate surface area is 117 Å². The Kier molecular flexibility index (Phi) is 3.13. The zero-order chi connectivity index (χ0) is 15.0. The van der Waals surface area contributed by atoms with Crippen LogP contribution < -0.4 is 0 Å². The van der Waals surface area contributed by atoms with Gasteiger partial charge in [-0.25, -0.2) is 4.52 Å². The van der Waals surface area contributed by atoms with Crippen LogP contribution >= 0.6 is 0 Å². The molecule has 1 unspecified atom stereocenters. The third kappa shape index (κ3) is 2.36. The third-order valence-corrected chi connectivity index (χ3v) is 3.21. The molecule has 7 heteroatoms. The Balaban J connectivity index is 2.13. The van der Waals surface area contributed by atoms with Gasteiger partial charge in [0.1, 0.15) is 6.10 Å². The predicted octanol–water partition coefficient (Wildman–Crippen LogP) is 2.83. The number of aliphatic hydroxyl groups is 1. The lowest BCUT2D eigenvalue weighted by molar-refractivity contribution is -0.139. The van der Waals surface area contributed by atoms with Gasteiger partial charge >= 0.3 is 6.18 Å². The van der Waals surface area contributed by atoms with Crippen molar-refractivity contribution >= 4 is 5.52 Å². The molecule has 1 N–H and O–H groups in total. The molecule has 2 aromatic heterocycles. The van der Waals surface area contributed by atoms with Crippen molar-refractivity contribution in [3.8, 4) is 0 Å². The molecule has 108 valence electrons. The van der Waals surface area contributed by atoms with E-state index in [1.165, 1.54) is 41.3 Å². The van der Waals surface area contributed by atoms with E-state index in [4.69, 9.17) is 0 Å². The van der Waals surface area contributed by atoms with Crippen LogP contribution in [0.2, 0.25) is 0 Å². The standard InChI is InChI=1S/C14H10F3N3O/c15-14(16,17)11-4-2-1-3-9(11)13(21)10-7-19-20-6-5-18-8-12(10)20/h1-8,13,21H. The van der Waals surface area contributed by atoms with E-state index in [0.717, 1.165) is 6.07 Å². The summed E-state index contributed by atoms with van der Waals surface area (Å²) in [7, 11) is 0. The molecular formula is C14H10F3N3O. The first-order chi connectivity index (χ1) is 9.98. The van der Waals surface area contributed by atoms with Gasteiger partial charge in [-0.3, -0.25) is 4.98 Å². The van der Waals surface area contributed by atoms with Gasteiger partial charge in [0.15, 0.2) is 0 Å². The molecule has 0 aliphatic heterocycles.